The zero-order valence-corrected chi connectivity index (χ0v) is 7.25. The number of aliphatic hydroxyl groups excluding tert-OH is 1. The molecule has 0 saturated carbocycles. The topological polar surface area (TPSA) is 57.2 Å². The van der Waals surface area contributed by atoms with Crippen LogP contribution in [-0.4, -0.2) is 57.5 Å². The third kappa shape index (κ3) is 1.49. The summed E-state index contributed by atoms with van der Waals surface area (Å²) in [6, 6.07) is -0.553. The molecule has 2 saturated heterocycles. The lowest BCUT2D eigenvalue weighted by molar-refractivity contribution is -0.247. The largest absolute Gasteiger partial charge is 0.394 e. The summed E-state index contributed by atoms with van der Waals surface area (Å²) in [5.74, 6) is 0. The van der Waals surface area contributed by atoms with E-state index in [9.17, 15) is 0 Å². The molecule has 2 heterocycles. The third-order valence-corrected chi connectivity index (χ3v) is 2.25. The standard InChI is InChI=1S/C7H11BO5/c1-10-7-12-4-3(2-9)11-6(8)5(4)13-7/h3-7,9H,2H2,1H3/t3-,4?,5?,6-,7?/m1/s1. The van der Waals surface area contributed by atoms with Crippen LogP contribution in [0.1, 0.15) is 0 Å². The minimum absolute atomic E-state index is 0.130. The fraction of sp³-hybridized carbons (Fsp3) is 1.00. The molecule has 6 heteroatoms. The fourth-order valence-corrected chi connectivity index (χ4v) is 1.62. The first-order valence-corrected chi connectivity index (χ1v) is 4.12. The Hall–Kier alpha value is -0.135. The van der Waals surface area contributed by atoms with E-state index in [2.05, 4.69) is 0 Å². The van der Waals surface area contributed by atoms with E-state index in [1.165, 1.54) is 7.11 Å². The predicted molar refractivity (Wildman–Crippen MR) is 42.0 cm³/mol. The second kappa shape index (κ2) is 3.55. The molecule has 0 aromatic heterocycles. The summed E-state index contributed by atoms with van der Waals surface area (Å²) in [7, 11) is 7.09. The van der Waals surface area contributed by atoms with Crippen LogP contribution in [0.3, 0.4) is 0 Å². The van der Waals surface area contributed by atoms with Crippen LogP contribution in [-0.2, 0) is 18.9 Å². The van der Waals surface area contributed by atoms with Crippen molar-refractivity contribution in [2.45, 2.75) is 30.8 Å². The number of hydrogen-bond donors (Lipinski definition) is 1. The average molecular weight is 186 g/mol. The zero-order valence-electron chi connectivity index (χ0n) is 7.25. The van der Waals surface area contributed by atoms with Crippen molar-refractivity contribution in [2.24, 2.45) is 0 Å². The van der Waals surface area contributed by atoms with Gasteiger partial charge in [0, 0.05) is 13.1 Å². The number of hydrogen-bond acceptors (Lipinski definition) is 5. The van der Waals surface area contributed by atoms with Crippen molar-refractivity contribution in [1.29, 1.82) is 0 Å². The van der Waals surface area contributed by atoms with Crippen LogP contribution in [0.15, 0.2) is 0 Å². The Balaban J connectivity index is 2.03. The third-order valence-electron chi connectivity index (χ3n) is 2.25. The lowest BCUT2D eigenvalue weighted by atomic mass is 9.93. The molecular weight excluding hydrogens is 175 g/mol. The summed E-state index contributed by atoms with van der Waals surface area (Å²) >= 11 is 0. The molecule has 0 spiro atoms. The highest BCUT2D eigenvalue weighted by Gasteiger charge is 2.50. The van der Waals surface area contributed by atoms with Crippen molar-refractivity contribution in [3.8, 4) is 0 Å². The van der Waals surface area contributed by atoms with E-state index >= 15 is 0 Å². The first-order chi connectivity index (χ1) is 6.26. The molecule has 3 unspecified atom stereocenters. The van der Waals surface area contributed by atoms with Gasteiger partial charge in [0.25, 0.3) is 6.48 Å². The number of aliphatic hydroxyl groups is 1. The van der Waals surface area contributed by atoms with E-state index < -0.39 is 18.6 Å². The summed E-state index contributed by atoms with van der Waals surface area (Å²) in [5.41, 5.74) is 0. The van der Waals surface area contributed by atoms with E-state index in [1.807, 2.05) is 0 Å². The van der Waals surface area contributed by atoms with Crippen LogP contribution in [0.5, 0.6) is 0 Å². The maximum Gasteiger partial charge on any atom is 0.272 e. The molecule has 2 aliphatic rings. The Morgan fingerprint density at radius 2 is 2.00 bits per heavy atom. The van der Waals surface area contributed by atoms with Crippen molar-refractivity contribution < 1.29 is 24.1 Å². The van der Waals surface area contributed by atoms with Gasteiger partial charge in [-0.3, -0.25) is 0 Å². The van der Waals surface area contributed by atoms with Crippen molar-refractivity contribution in [3.05, 3.63) is 0 Å². The molecule has 5 atom stereocenters. The van der Waals surface area contributed by atoms with Crippen molar-refractivity contribution in [2.75, 3.05) is 13.7 Å². The van der Waals surface area contributed by atoms with Crippen LogP contribution in [0.2, 0.25) is 0 Å². The number of methoxy groups -OCH3 is 1. The van der Waals surface area contributed by atoms with E-state index in [1.54, 1.807) is 0 Å². The first kappa shape index (κ1) is 9.42. The van der Waals surface area contributed by atoms with Gasteiger partial charge in [0.15, 0.2) is 0 Å². The van der Waals surface area contributed by atoms with Gasteiger partial charge < -0.3 is 24.1 Å². The molecule has 0 aromatic carbocycles. The zero-order chi connectivity index (χ0) is 9.42. The Morgan fingerprint density at radius 1 is 1.31 bits per heavy atom. The van der Waals surface area contributed by atoms with Gasteiger partial charge in [0.2, 0.25) is 0 Å². The molecule has 2 aliphatic heterocycles. The van der Waals surface area contributed by atoms with E-state index in [0.717, 1.165) is 0 Å². The highest BCUT2D eigenvalue weighted by molar-refractivity contribution is 6.11. The van der Waals surface area contributed by atoms with E-state index in [-0.39, 0.29) is 18.8 Å². The van der Waals surface area contributed by atoms with Crippen LogP contribution < -0.4 is 0 Å². The van der Waals surface area contributed by atoms with E-state index in [4.69, 9.17) is 31.9 Å². The fourth-order valence-electron chi connectivity index (χ4n) is 1.62. The minimum Gasteiger partial charge on any atom is -0.394 e. The lowest BCUT2D eigenvalue weighted by Gasteiger charge is -2.15. The smallest absolute Gasteiger partial charge is 0.272 e. The molecule has 0 aliphatic carbocycles. The van der Waals surface area contributed by atoms with Crippen LogP contribution in [0.4, 0.5) is 0 Å². The van der Waals surface area contributed by atoms with Crippen molar-refractivity contribution in [3.63, 3.8) is 0 Å². The molecule has 0 bridgehead atoms. The van der Waals surface area contributed by atoms with Gasteiger partial charge in [-0.2, -0.15) is 0 Å². The molecule has 0 amide bonds. The quantitative estimate of drug-likeness (QED) is 0.536. The number of ether oxygens (including phenoxy) is 4. The molecule has 1 N–H and O–H groups in total. The Bertz CT molecular complexity index is 190. The molecule has 2 fully saturated rings. The highest BCUT2D eigenvalue weighted by atomic mass is 16.9. The molecular formula is C7H11BO5. The first-order valence-electron chi connectivity index (χ1n) is 4.12. The average Bonchev–Trinajstić information content (AvgIpc) is 2.66. The van der Waals surface area contributed by atoms with Gasteiger partial charge in [0.1, 0.15) is 26.2 Å². The second-order valence-corrected chi connectivity index (χ2v) is 3.05. The van der Waals surface area contributed by atoms with Crippen molar-refractivity contribution >= 4 is 7.85 Å². The van der Waals surface area contributed by atoms with Crippen LogP contribution in [0.25, 0.3) is 0 Å². The number of fused-ring (bicyclic) bond motifs is 1. The van der Waals surface area contributed by atoms with Crippen LogP contribution >= 0.6 is 0 Å². The maximum atomic E-state index is 8.93. The monoisotopic (exact) mass is 186 g/mol. The minimum atomic E-state index is -0.695. The molecule has 2 rings (SSSR count). The number of rotatable bonds is 2. The van der Waals surface area contributed by atoms with Gasteiger partial charge in [-0.15, -0.1) is 0 Å². The summed E-state index contributed by atoms with van der Waals surface area (Å²) in [6.07, 6.45) is -1.09. The van der Waals surface area contributed by atoms with Gasteiger partial charge in [-0.1, -0.05) is 0 Å². The maximum absolute atomic E-state index is 8.93. The van der Waals surface area contributed by atoms with Gasteiger partial charge in [-0.25, -0.2) is 0 Å². The highest BCUT2D eigenvalue weighted by Crippen LogP contribution is 2.32. The van der Waals surface area contributed by atoms with Gasteiger partial charge >= 0.3 is 0 Å². The van der Waals surface area contributed by atoms with Crippen LogP contribution in [0, 0.1) is 0 Å². The second-order valence-electron chi connectivity index (χ2n) is 3.05. The normalized spacial score (nSPS) is 49.5. The predicted octanol–water partition coefficient (Wildman–Crippen LogP) is -1.41. The van der Waals surface area contributed by atoms with Gasteiger partial charge in [-0.05, 0) is 0 Å². The van der Waals surface area contributed by atoms with Gasteiger partial charge in [0.05, 0.1) is 6.61 Å². The summed E-state index contributed by atoms with van der Waals surface area (Å²) < 4.78 is 20.6. The summed E-state index contributed by atoms with van der Waals surface area (Å²) in [6.45, 7) is -0.826. The summed E-state index contributed by atoms with van der Waals surface area (Å²) in [4.78, 5) is 0. The van der Waals surface area contributed by atoms with Crippen molar-refractivity contribution in [1.82, 2.24) is 0 Å². The lowest BCUT2D eigenvalue weighted by Crippen LogP contribution is -2.31. The summed E-state index contributed by atoms with van der Waals surface area (Å²) in [5, 5.41) is 8.93. The molecule has 0 aromatic rings. The molecule has 2 radical (unpaired) electrons. The molecule has 72 valence electrons. The Labute approximate surface area is 77.3 Å². The van der Waals surface area contributed by atoms with E-state index in [0.29, 0.717) is 0 Å². The Morgan fingerprint density at radius 3 is 2.62 bits per heavy atom. The Kier molecular flexibility index (Phi) is 2.57. The SMILES string of the molecule is [B][C@@H]1O[C@H](CO)C2OC(OC)OC21. The molecule has 5 nitrogen and oxygen atoms in total. The molecule has 13 heavy (non-hydrogen) atoms.